The van der Waals surface area contributed by atoms with E-state index in [0.29, 0.717) is 10.8 Å². The fourth-order valence-corrected chi connectivity index (χ4v) is 4.81. The minimum absolute atomic E-state index is 0.209. The first-order chi connectivity index (χ1) is 13.5. The third-order valence-electron chi connectivity index (χ3n) is 4.89. The van der Waals surface area contributed by atoms with Crippen molar-refractivity contribution in [2.24, 2.45) is 0 Å². The number of piperazine rings is 1. The molecule has 1 amide bonds. The zero-order valence-electron chi connectivity index (χ0n) is 15.0. The molecule has 8 heteroatoms. The van der Waals surface area contributed by atoms with Crippen molar-refractivity contribution in [3.05, 3.63) is 76.7 Å². The van der Waals surface area contributed by atoms with Gasteiger partial charge >= 0.3 is 0 Å². The molecule has 2 heterocycles. The standard InChI is InChI=1S/C20H19N3O4S/c24-19-17-9-5-4-6-15(17)14-18(21-19)20(25)22-10-12-23(13-11-22)28(26,27)16-7-2-1-3-8-16/h1-9,14H,10-13H2,(H,21,24). The number of nitrogens with zero attached hydrogens (tertiary/aromatic N) is 2. The minimum Gasteiger partial charge on any atom is -0.335 e. The smallest absolute Gasteiger partial charge is 0.270 e. The van der Waals surface area contributed by atoms with E-state index in [1.165, 1.54) is 4.31 Å². The summed E-state index contributed by atoms with van der Waals surface area (Å²) in [5.41, 5.74) is -0.102. The number of aromatic amines is 1. The Labute approximate surface area is 162 Å². The van der Waals surface area contributed by atoms with Crippen molar-refractivity contribution in [1.82, 2.24) is 14.2 Å². The maximum atomic E-state index is 12.8. The van der Waals surface area contributed by atoms with E-state index in [2.05, 4.69) is 4.98 Å². The summed E-state index contributed by atoms with van der Waals surface area (Å²) in [6.45, 7) is 0.946. The summed E-state index contributed by atoms with van der Waals surface area (Å²) in [5, 5.41) is 1.22. The molecule has 0 unspecified atom stereocenters. The Bertz CT molecular complexity index is 1180. The third kappa shape index (κ3) is 3.32. The quantitative estimate of drug-likeness (QED) is 0.728. The highest BCUT2D eigenvalue weighted by atomic mass is 32.2. The number of rotatable bonds is 3. The van der Waals surface area contributed by atoms with E-state index in [0.717, 1.165) is 0 Å². The summed E-state index contributed by atoms with van der Waals surface area (Å²) in [7, 11) is -3.57. The molecule has 0 bridgehead atoms. The monoisotopic (exact) mass is 397 g/mol. The summed E-state index contributed by atoms with van der Waals surface area (Å²) < 4.78 is 26.8. The molecule has 144 valence electrons. The average Bonchev–Trinajstić information content (AvgIpc) is 2.74. The lowest BCUT2D eigenvalue weighted by Crippen LogP contribution is -2.50. The number of carbonyl (C=O) groups is 1. The predicted octanol–water partition coefficient (Wildman–Crippen LogP) is 1.67. The van der Waals surface area contributed by atoms with Crippen molar-refractivity contribution < 1.29 is 13.2 Å². The van der Waals surface area contributed by atoms with Gasteiger partial charge in [0.15, 0.2) is 0 Å². The number of hydrogen-bond donors (Lipinski definition) is 1. The molecular formula is C20H19N3O4S. The largest absolute Gasteiger partial charge is 0.335 e. The number of benzene rings is 2. The average molecular weight is 397 g/mol. The fourth-order valence-electron chi connectivity index (χ4n) is 3.37. The number of nitrogens with one attached hydrogen (secondary N) is 1. The van der Waals surface area contributed by atoms with Gasteiger partial charge in [0.1, 0.15) is 5.69 Å². The summed E-state index contributed by atoms with van der Waals surface area (Å²) in [4.78, 5) is 29.5. The van der Waals surface area contributed by atoms with Gasteiger partial charge in [-0.15, -0.1) is 0 Å². The van der Waals surface area contributed by atoms with Gasteiger partial charge in [-0.25, -0.2) is 8.42 Å². The molecule has 4 rings (SSSR count). The predicted molar refractivity (Wildman–Crippen MR) is 106 cm³/mol. The number of amides is 1. The van der Waals surface area contributed by atoms with E-state index < -0.39 is 10.0 Å². The van der Waals surface area contributed by atoms with Crippen LogP contribution in [0.2, 0.25) is 0 Å². The number of hydrogen-bond acceptors (Lipinski definition) is 4. The molecule has 1 N–H and O–H groups in total. The lowest BCUT2D eigenvalue weighted by Gasteiger charge is -2.34. The second kappa shape index (κ2) is 7.21. The number of aromatic nitrogens is 1. The van der Waals surface area contributed by atoms with Gasteiger partial charge in [-0.3, -0.25) is 9.59 Å². The molecule has 2 aromatic carbocycles. The molecule has 1 aliphatic rings. The Hall–Kier alpha value is -2.97. The number of carbonyl (C=O) groups excluding carboxylic acids is 1. The molecular weight excluding hydrogens is 378 g/mol. The molecule has 1 fully saturated rings. The topological polar surface area (TPSA) is 90.6 Å². The number of sulfonamides is 1. The second-order valence-corrected chi connectivity index (χ2v) is 8.55. The maximum absolute atomic E-state index is 12.8. The molecule has 1 aromatic heterocycles. The lowest BCUT2D eigenvalue weighted by molar-refractivity contribution is 0.0692. The zero-order chi connectivity index (χ0) is 19.7. The van der Waals surface area contributed by atoms with E-state index in [-0.39, 0.29) is 48.2 Å². The Morgan fingerprint density at radius 3 is 2.25 bits per heavy atom. The number of H-pyrrole nitrogens is 1. The molecule has 1 aliphatic heterocycles. The van der Waals surface area contributed by atoms with Gasteiger partial charge in [0.05, 0.1) is 4.90 Å². The van der Waals surface area contributed by atoms with Crippen LogP contribution in [0, 0.1) is 0 Å². The summed E-state index contributed by atoms with van der Waals surface area (Å²) in [6.07, 6.45) is 0. The first-order valence-corrected chi connectivity index (χ1v) is 10.4. The Morgan fingerprint density at radius 1 is 0.893 bits per heavy atom. The first-order valence-electron chi connectivity index (χ1n) is 8.93. The van der Waals surface area contributed by atoms with Crippen molar-refractivity contribution in [2.75, 3.05) is 26.2 Å². The molecule has 0 atom stereocenters. The van der Waals surface area contributed by atoms with Gasteiger partial charge in [0.25, 0.3) is 11.5 Å². The van der Waals surface area contributed by atoms with E-state index in [1.807, 2.05) is 6.07 Å². The highest BCUT2D eigenvalue weighted by Crippen LogP contribution is 2.18. The van der Waals surface area contributed by atoms with Gasteiger partial charge < -0.3 is 9.88 Å². The van der Waals surface area contributed by atoms with E-state index in [9.17, 15) is 18.0 Å². The molecule has 1 saturated heterocycles. The molecule has 3 aromatic rings. The van der Waals surface area contributed by atoms with Crippen LogP contribution in [0.4, 0.5) is 0 Å². The summed E-state index contributed by atoms with van der Waals surface area (Å²) >= 11 is 0. The van der Waals surface area contributed by atoms with Crippen LogP contribution in [0.5, 0.6) is 0 Å². The SMILES string of the molecule is O=C(c1cc2ccccc2c(=O)[nH]1)N1CCN(S(=O)(=O)c2ccccc2)CC1. The fraction of sp³-hybridized carbons (Fsp3) is 0.200. The van der Waals surface area contributed by atoms with Crippen molar-refractivity contribution in [3.63, 3.8) is 0 Å². The highest BCUT2D eigenvalue weighted by Gasteiger charge is 2.30. The van der Waals surface area contributed by atoms with Crippen LogP contribution >= 0.6 is 0 Å². The van der Waals surface area contributed by atoms with Gasteiger partial charge in [-0.2, -0.15) is 4.31 Å². The Balaban J connectivity index is 1.51. The van der Waals surface area contributed by atoms with Gasteiger partial charge in [-0.1, -0.05) is 36.4 Å². The maximum Gasteiger partial charge on any atom is 0.270 e. The highest BCUT2D eigenvalue weighted by molar-refractivity contribution is 7.89. The van der Waals surface area contributed by atoms with Crippen LogP contribution in [-0.2, 0) is 10.0 Å². The van der Waals surface area contributed by atoms with E-state index in [1.54, 1.807) is 59.5 Å². The van der Waals surface area contributed by atoms with Crippen LogP contribution < -0.4 is 5.56 Å². The van der Waals surface area contributed by atoms with E-state index >= 15 is 0 Å². The molecule has 28 heavy (non-hydrogen) atoms. The van der Waals surface area contributed by atoms with Crippen LogP contribution in [-0.4, -0.2) is 54.7 Å². The third-order valence-corrected chi connectivity index (χ3v) is 6.80. The number of fused-ring (bicyclic) bond motifs is 1. The zero-order valence-corrected chi connectivity index (χ0v) is 15.9. The molecule has 7 nitrogen and oxygen atoms in total. The van der Waals surface area contributed by atoms with Crippen molar-refractivity contribution in [3.8, 4) is 0 Å². The normalized spacial score (nSPS) is 15.6. The summed E-state index contributed by atoms with van der Waals surface area (Å²) in [6, 6.07) is 17.0. The van der Waals surface area contributed by atoms with Crippen LogP contribution in [0.3, 0.4) is 0 Å². The van der Waals surface area contributed by atoms with Crippen LogP contribution in [0.15, 0.2) is 70.4 Å². The van der Waals surface area contributed by atoms with Crippen LogP contribution in [0.1, 0.15) is 10.5 Å². The van der Waals surface area contributed by atoms with Crippen molar-refractivity contribution >= 4 is 26.7 Å². The Kier molecular flexibility index (Phi) is 4.74. The molecule has 0 saturated carbocycles. The molecule has 0 aliphatic carbocycles. The number of pyridine rings is 1. The van der Waals surface area contributed by atoms with Gasteiger partial charge in [-0.05, 0) is 29.7 Å². The van der Waals surface area contributed by atoms with Crippen molar-refractivity contribution in [2.45, 2.75) is 4.90 Å². The second-order valence-electron chi connectivity index (χ2n) is 6.61. The first kappa shape index (κ1) is 18.4. The van der Waals surface area contributed by atoms with Gasteiger partial charge in [0, 0.05) is 31.6 Å². The van der Waals surface area contributed by atoms with Crippen LogP contribution in [0.25, 0.3) is 10.8 Å². The molecule has 0 spiro atoms. The Morgan fingerprint density at radius 2 is 1.54 bits per heavy atom. The minimum atomic E-state index is -3.57. The van der Waals surface area contributed by atoms with E-state index in [4.69, 9.17) is 0 Å². The lowest BCUT2D eigenvalue weighted by atomic mass is 10.1. The summed E-state index contributed by atoms with van der Waals surface area (Å²) in [5.74, 6) is -0.306. The van der Waals surface area contributed by atoms with Gasteiger partial charge in [0.2, 0.25) is 10.0 Å². The van der Waals surface area contributed by atoms with Crippen molar-refractivity contribution in [1.29, 1.82) is 0 Å². The molecule has 0 radical (unpaired) electrons.